The Balaban J connectivity index is 1.83. The van der Waals surface area contributed by atoms with Gasteiger partial charge in [-0.05, 0) is 42.5 Å². The van der Waals surface area contributed by atoms with E-state index in [2.05, 4.69) is 5.32 Å². The Kier molecular flexibility index (Phi) is 4.86. The molecule has 1 unspecified atom stereocenters. The Bertz CT molecular complexity index is 498. The van der Waals surface area contributed by atoms with Crippen LogP contribution in [0.5, 0.6) is 0 Å². The van der Waals surface area contributed by atoms with E-state index < -0.39 is 6.10 Å². The number of carbonyl (C=O) groups is 1. The molecule has 0 radical (unpaired) electrons. The van der Waals surface area contributed by atoms with Gasteiger partial charge < -0.3 is 10.4 Å². The van der Waals surface area contributed by atoms with E-state index in [-0.39, 0.29) is 5.91 Å². The lowest BCUT2D eigenvalue weighted by molar-refractivity contribution is -0.116. The molecule has 102 valence electrons. The van der Waals surface area contributed by atoms with Gasteiger partial charge in [0.15, 0.2) is 0 Å². The van der Waals surface area contributed by atoms with E-state index in [9.17, 15) is 9.90 Å². The van der Waals surface area contributed by atoms with Crippen LogP contribution < -0.4 is 5.32 Å². The Morgan fingerprint density at radius 2 is 2.16 bits per heavy atom. The fourth-order valence-corrected chi connectivity index (χ4v) is 2.01. The number of aliphatic hydroxyl groups excluding tert-OH is 1. The number of aliphatic hydroxyl groups is 1. The Morgan fingerprint density at radius 1 is 1.42 bits per heavy atom. The number of benzene rings is 1. The summed E-state index contributed by atoms with van der Waals surface area (Å²) in [6.07, 6.45) is 4.74. The Hall–Kier alpha value is -1.03. The van der Waals surface area contributed by atoms with E-state index in [0.29, 0.717) is 22.5 Å². The molecule has 5 heteroatoms. The molecule has 0 aliphatic heterocycles. The summed E-state index contributed by atoms with van der Waals surface area (Å²) >= 11 is 11.7. The van der Waals surface area contributed by atoms with Gasteiger partial charge in [0.05, 0.1) is 16.1 Å². The molecule has 2 rings (SSSR count). The molecule has 0 aromatic heterocycles. The molecule has 0 saturated heterocycles. The van der Waals surface area contributed by atoms with Crippen molar-refractivity contribution in [2.75, 3.05) is 6.54 Å². The van der Waals surface area contributed by atoms with E-state index in [0.717, 1.165) is 18.4 Å². The molecule has 19 heavy (non-hydrogen) atoms. The van der Waals surface area contributed by atoms with Crippen LogP contribution in [-0.4, -0.2) is 23.7 Å². The molecule has 0 spiro atoms. The zero-order valence-electron chi connectivity index (χ0n) is 10.3. The van der Waals surface area contributed by atoms with Crippen LogP contribution in [0.4, 0.5) is 0 Å². The van der Waals surface area contributed by atoms with Gasteiger partial charge in [0.25, 0.3) is 0 Å². The third-order valence-electron chi connectivity index (χ3n) is 3.02. The Labute approximate surface area is 122 Å². The summed E-state index contributed by atoms with van der Waals surface area (Å²) in [5, 5.41) is 13.2. The van der Waals surface area contributed by atoms with Crippen LogP contribution in [0, 0.1) is 5.92 Å². The highest BCUT2D eigenvalue weighted by Crippen LogP contribution is 2.32. The molecule has 2 N–H and O–H groups in total. The highest BCUT2D eigenvalue weighted by atomic mass is 35.5. The van der Waals surface area contributed by atoms with Gasteiger partial charge in [0, 0.05) is 12.6 Å². The van der Waals surface area contributed by atoms with Crippen LogP contribution in [0.2, 0.25) is 10.0 Å². The minimum absolute atomic E-state index is 0.231. The number of nitrogens with one attached hydrogen (secondary N) is 1. The van der Waals surface area contributed by atoms with Gasteiger partial charge in [-0.25, -0.2) is 0 Å². The quantitative estimate of drug-likeness (QED) is 0.822. The Morgan fingerprint density at radius 3 is 2.79 bits per heavy atom. The first-order valence-corrected chi connectivity index (χ1v) is 6.91. The average Bonchev–Trinajstić information content (AvgIpc) is 3.21. The average molecular weight is 300 g/mol. The summed E-state index contributed by atoms with van der Waals surface area (Å²) < 4.78 is 0. The lowest BCUT2D eigenvalue weighted by atomic mass is 10.2. The minimum atomic E-state index is -0.428. The van der Waals surface area contributed by atoms with Crippen LogP contribution in [0.1, 0.15) is 18.4 Å². The molecule has 1 amide bonds. The van der Waals surface area contributed by atoms with Gasteiger partial charge in [-0.2, -0.15) is 0 Å². The predicted octanol–water partition coefficient (Wildman–Crippen LogP) is 2.89. The van der Waals surface area contributed by atoms with Crippen LogP contribution >= 0.6 is 23.2 Å². The van der Waals surface area contributed by atoms with Gasteiger partial charge in [-0.1, -0.05) is 29.3 Å². The first-order chi connectivity index (χ1) is 9.06. The molecule has 1 saturated carbocycles. The second kappa shape index (κ2) is 6.42. The standard InChI is InChI=1S/C14H15Cl2NO2/c15-11-5-1-9(7-12(11)16)2-6-14(19)17-8-13(18)10-3-4-10/h1-2,5-7,10,13,18H,3-4,8H2,(H,17,19). The number of amides is 1. The van der Waals surface area contributed by atoms with E-state index in [1.54, 1.807) is 24.3 Å². The summed E-state index contributed by atoms with van der Waals surface area (Å²) in [5.41, 5.74) is 0.798. The van der Waals surface area contributed by atoms with Crippen molar-refractivity contribution in [2.45, 2.75) is 18.9 Å². The lowest BCUT2D eigenvalue weighted by Crippen LogP contribution is -2.31. The van der Waals surface area contributed by atoms with Crippen molar-refractivity contribution in [3.63, 3.8) is 0 Å². The molecule has 0 heterocycles. The molecule has 1 aliphatic rings. The molecular weight excluding hydrogens is 285 g/mol. The maximum Gasteiger partial charge on any atom is 0.244 e. The second-order valence-electron chi connectivity index (χ2n) is 4.66. The summed E-state index contributed by atoms with van der Waals surface area (Å²) in [4.78, 5) is 11.5. The monoisotopic (exact) mass is 299 g/mol. The zero-order valence-corrected chi connectivity index (χ0v) is 11.8. The van der Waals surface area contributed by atoms with Gasteiger partial charge in [0.1, 0.15) is 0 Å². The smallest absolute Gasteiger partial charge is 0.244 e. The van der Waals surface area contributed by atoms with Crippen molar-refractivity contribution in [3.8, 4) is 0 Å². The highest BCUT2D eigenvalue weighted by Gasteiger charge is 2.29. The van der Waals surface area contributed by atoms with Crippen molar-refractivity contribution in [3.05, 3.63) is 39.9 Å². The van der Waals surface area contributed by atoms with Crippen LogP contribution in [0.25, 0.3) is 6.08 Å². The van der Waals surface area contributed by atoms with Crippen molar-refractivity contribution in [1.29, 1.82) is 0 Å². The SMILES string of the molecule is O=C(C=Cc1ccc(Cl)c(Cl)c1)NCC(O)C1CC1. The first kappa shape index (κ1) is 14.4. The van der Waals surface area contributed by atoms with Gasteiger partial charge in [-0.15, -0.1) is 0 Å². The van der Waals surface area contributed by atoms with Crippen LogP contribution in [0.3, 0.4) is 0 Å². The number of hydrogen-bond donors (Lipinski definition) is 2. The lowest BCUT2D eigenvalue weighted by Gasteiger charge is -2.08. The summed E-state index contributed by atoms with van der Waals surface area (Å²) in [5.74, 6) is 0.130. The molecular formula is C14H15Cl2NO2. The molecule has 1 aromatic rings. The van der Waals surface area contributed by atoms with Gasteiger partial charge in [0.2, 0.25) is 5.91 Å². The summed E-state index contributed by atoms with van der Waals surface area (Å²) in [6.45, 7) is 0.301. The normalized spacial score (nSPS) is 16.6. The third kappa shape index (κ3) is 4.53. The molecule has 1 fully saturated rings. The van der Waals surface area contributed by atoms with E-state index >= 15 is 0 Å². The molecule has 1 aromatic carbocycles. The molecule has 0 bridgehead atoms. The second-order valence-corrected chi connectivity index (χ2v) is 5.47. The van der Waals surface area contributed by atoms with Crippen molar-refractivity contribution in [2.24, 2.45) is 5.92 Å². The maximum atomic E-state index is 11.5. The van der Waals surface area contributed by atoms with Crippen molar-refractivity contribution in [1.82, 2.24) is 5.32 Å². The minimum Gasteiger partial charge on any atom is -0.391 e. The topological polar surface area (TPSA) is 49.3 Å². The number of halogens is 2. The van der Waals surface area contributed by atoms with Crippen LogP contribution in [0.15, 0.2) is 24.3 Å². The molecule has 1 aliphatic carbocycles. The van der Waals surface area contributed by atoms with Crippen LogP contribution in [-0.2, 0) is 4.79 Å². The fraction of sp³-hybridized carbons (Fsp3) is 0.357. The molecule has 3 nitrogen and oxygen atoms in total. The number of carbonyl (C=O) groups excluding carboxylic acids is 1. The molecule has 1 atom stereocenters. The van der Waals surface area contributed by atoms with Gasteiger partial charge >= 0.3 is 0 Å². The highest BCUT2D eigenvalue weighted by molar-refractivity contribution is 6.42. The van der Waals surface area contributed by atoms with Crippen molar-refractivity contribution >= 4 is 35.2 Å². The van der Waals surface area contributed by atoms with Gasteiger partial charge in [-0.3, -0.25) is 4.79 Å². The number of rotatable bonds is 5. The van der Waals surface area contributed by atoms with E-state index in [4.69, 9.17) is 23.2 Å². The predicted molar refractivity (Wildman–Crippen MR) is 77.2 cm³/mol. The fourth-order valence-electron chi connectivity index (χ4n) is 1.70. The third-order valence-corrected chi connectivity index (χ3v) is 3.76. The summed E-state index contributed by atoms with van der Waals surface area (Å²) in [6, 6.07) is 5.14. The van der Waals surface area contributed by atoms with Crippen molar-refractivity contribution < 1.29 is 9.90 Å². The van der Waals surface area contributed by atoms with E-state index in [1.807, 2.05) is 0 Å². The first-order valence-electron chi connectivity index (χ1n) is 6.15. The summed E-state index contributed by atoms with van der Waals surface area (Å²) in [7, 11) is 0. The zero-order chi connectivity index (χ0) is 13.8. The van der Waals surface area contributed by atoms with E-state index in [1.165, 1.54) is 6.08 Å². The number of hydrogen-bond acceptors (Lipinski definition) is 2. The maximum absolute atomic E-state index is 11.5. The largest absolute Gasteiger partial charge is 0.391 e.